The van der Waals surface area contributed by atoms with E-state index in [1.165, 1.54) is 7.11 Å². The van der Waals surface area contributed by atoms with E-state index >= 15 is 0 Å². The number of methoxy groups -OCH3 is 1. The molecule has 2 heterocycles. The van der Waals surface area contributed by atoms with Gasteiger partial charge >= 0.3 is 5.97 Å². The smallest absolute Gasteiger partial charge is 0.344 e. The van der Waals surface area contributed by atoms with Gasteiger partial charge in [-0.05, 0) is 36.7 Å². The number of carbonyl (C=O) groups excluding carboxylic acids is 2. The fraction of sp³-hybridized carbons (Fsp3) is 0.571. The third kappa shape index (κ3) is 2.43. The molecule has 116 valence electrons. The Morgan fingerprint density at radius 3 is 2.62 bits per heavy atom. The van der Waals surface area contributed by atoms with Gasteiger partial charge in [-0.3, -0.25) is 4.79 Å². The van der Waals surface area contributed by atoms with Crippen molar-refractivity contribution in [1.82, 2.24) is 9.47 Å². The molecule has 1 aliphatic heterocycles. The van der Waals surface area contributed by atoms with Gasteiger partial charge in [-0.1, -0.05) is 0 Å². The first-order valence-corrected chi connectivity index (χ1v) is 7.71. The molecule has 0 N–H and O–H groups in total. The maximum atomic E-state index is 12.6. The van der Waals surface area contributed by atoms with Crippen molar-refractivity contribution in [3.63, 3.8) is 0 Å². The topological polar surface area (TPSA) is 60.8 Å². The van der Waals surface area contributed by atoms with Crippen molar-refractivity contribution < 1.29 is 19.1 Å². The fourth-order valence-electron chi connectivity index (χ4n) is 2.64. The minimum atomic E-state index is -0.494. The fourth-order valence-corrected chi connectivity index (χ4v) is 3.51. The Kier molecular flexibility index (Phi) is 4.61. The number of ether oxygens (including phenoxy) is 2. The van der Waals surface area contributed by atoms with Crippen LogP contribution in [0.2, 0.25) is 0 Å². The van der Waals surface area contributed by atoms with Crippen LogP contribution in [0.4, 0.5) is 0 Å². The van der Waals surface area contributed by atoms with E-state index < -0.39 is 5.97 Å². The largest absolute Gasteiger partial charge is 0.493 e. The summed E-state index contributed by atoms with van der Waals surface area (Å²) in [5, 5.41) is 0. The Morgan fingerprint density at radius 2 is 2.10 bits per heavy atom. The summed E-state index contributed by atoms with van der Waals surface area (Å²) in [6, 6.07) is 0.0455. The Bertz CT molecular complexity index is 582. The van der Waals surface area contributed by atoms with E-state index in [1.807, 2.05) is 13.8 Å². The first kappa shape index (κ1) is 15.9. The van der Waals surface area contributed by atoms with E-state index in [1.54, 1.807) is 16.4 Å². The molecule has 1 amide bonds. The Labute approximate surface area is 132 Å². The second kappa shape index (κ2) is 6.09. The highest BCUT2D eigenvalue weighted by molar-refractivity contribution is 9.10. The molecule has 0 saturated heterocycles. The highest BCUT2D eigenvalue weighted by atomic mass is 79.9. The molecule has 0 saturated carbocycles. The van der Waals surface area contributed by atoms with Crippen LogP contribution in [-0.2, 0) is 4.74 Å². The van der Waals surface area contributed by atoms with Gasteiger partial charge in [0.25, 0.3) is 5.91 Å². The molecule has 1 aromatic rings. The lowest BCUT2D eigenvalue weighted by Crippen LogP contribution is -2.42. The summed E-state index contributed by atoms with van der Waals surface area (Å²) in [5.74, 6) is -0.356. The van der Waals surface area contributed by atoms with Crippen LogP contribution in [0.3, 0.4) is 0 Å². The minimum Gasteiger partial charge on any atom is -0.493 e. The molecule has 0 radical (unpaired) electrons. The zero-order valence-electron chi connectivity index (χ0n) is 12.6. The second-order valence-electron chi connectivity index (χ2n) is 4.83. The number of amides is 1. The monoisotopic (exact) mass is 358 g/mol. The van der Waals surface area contributed by atoms with Gasteiger partial charge in [0.1, 0.15) is 10.2 Å². The van der Waals surface area contributed by atoms with Crippen LogP contribution >= 0.6 is 15.9 Å². The summed E-state index contributed by atoms with van der Waals surface area (Å²) in [4.78, 5) is 26.5. The van der Waals surface area contributed by atoms with Gasteiger partial charge in [0.15, 0.2) is 11.4 Å². The van der Waals surface area contributed by atoms with E-state index in [-0.39, 0.29) is 29.9 Å². The molecule has 7 heteroatoms. The molecule has 21 heavy (non-hydrogen) atoms. The highest BCUT2D eigenvalue weighted by Crippen LogP contribution is 2.40. The third-order valence-electron chi connectivity index (χ3n) is 3.58. The van der Waals surface area contributed by atoms with Crippen LogP contribution in [0, 0.1) is 0 Å². The van der Waals surface area contributed by atoms with Gasteiger partial charge in [-0.15, -0.1) is 0 Å². The number of hydrogen-bond donors (Lipinski definition) is 0. The van der Waals surface area contributed by atoms with E-state index in [0.717, 1.165) is 0 Å². The number of carbonyl (C=O) groups is 2. The van der Waals surface area contributed by atoms with Crippen molar-refractivity contribution in [1.29, 1.82) is 0 Å². The molecule has 1 unspecified atom stereocenters. The van der Waals surface area contributed by atoms with E-state index in [4.69, 9.17) is 9.47 Å². The van der Waals surface area contributed by atoms with Crippen molar-refractivity contribution in [2.24, 2.45) is 0 Å². The van der Waals surface area contributed by atoms with Crippen LogP contribution in [0.5, 0.6) is 5.75 Å². The van der Waals surface area contributed by atoms with Crippen molar-refractivity contribution in [3.8, 4) is 5.75 Å². The maximum absolute atomic E-state index is 12.6. The minimum absolute atomic E-state index is 0.0455. The van der Waals surface area contributed by atoms with Crippen molar-refractivity contribution >= 4 is 27.8 Å². The summed E-state index contributed by atoms with van der Waals surface area (Å²) in [6.45, 7) is 7.14. The second-order valence-corrected chi connectivity index (χ2v) is 5.58. The maximum Gasteiger partial charge on any atom is 0.344 e. The molecule has 6 nitrogen and oxygen atoms in total. The van der Waals surface area contributed by atoms with Gasteiger partial charge in [-0.2, -0.15) is 0 Å². The van der Waals surface area contributed by atoms with Gasteiger partial charge < -0.3 is 18.9 Å². The van der Waals surface area contributed by atoms with Crippen LogP contribution in [-0.4, -0.2) is 48.1 Å². The van der Waals surface area contributed by atoms with E-state index in [0.29, 0.717) is 23.4 Å². The van der Waals surface area contributed by atoms with Crippen LogP contribution in [0.15, 0.2) is 4.60 Å². The van der Waals surface area contributed by atoms with Crippen LogP contribution < -0.4 is 4.74 Å². The van der Waals surface area contributed by atoms with Gasteiger partial charge in [0.05, 0.1) is 13.7 Å². The molecule has 0 bridgehead atoms. The first-order valence-electron chi connectivity index (χ1n) is 6.91. The summed E-state index contributed by atoms with van der Waals surface area (Å²) in [6.07, 6.45) is 0. The number of likely N-dealkylation sites (N-methyl/N-ethyl adjacent to an activating group) is 1. The van der Waals surface area contributed by atoms with Gasteiger partial charge in [0, 0.05) is 19.1 Å². The molecule has 1 atom stereocenters. The van der Waals surface area contributed by atoms with E-state index in [9.17, 15) is 9.59 Å². The lowest BCUT2D eigenvalue weighted by atomic mass is 10.2. The summed E-state index contributed by atoms with van der Waals surface area (Å²) in [7, 11) is 1.45. The van der Waals surface area contributed by atoms with E-state index in [2.05, 4.69) is 15.9 Å². The first-order chi connectivity index (χ1) is 9.97. The molecule has 1 aromatic heterocycles. The third-order valence-corrected chi connectivity index (χ3v) is 4.36. The predicted molar refractivity (Wildman–Crippen MR) is 80.9 cm³/mol. The van der Waals surface area contributed by atoms with Gasteiger partial charge in [-0.25, -0.2) is 4.79 Å². The number of aromatic nitrogens is 1. The summed E-state index contributed by atoms with van der Waals surface area (Å²) >= 11 is 3.42. The standard InChI is InChI=1S/C14H19BrN2O4/c1-5-16-7-8(3)17-10(13(16)18)11(20-4)9(12(17)15)14(19)21-6-2/h8H,5-7H2,1-4H3. The zero-order valence-corrected chi connectivity index (χ0v) is 14.2. The number of esters is 1. The van der Waals surface area contributed by atoms with Gasteiger partial charge in [0.2, 0.25) is 0 Å². The molecular formula is C14H19BrN2O4. The molecule has 0 spiro atoms. The number of rotatable bonds is 4. The van der Waals surface area contributed by atoms with Crippen molar-refractivity contribution in [2.45, 2.75) is 26.8 Å². The normalized spacial score (nSPS) is 17.7. The Hall–Kier alpha value is -1.50. The van der Waals surface area contributed by atoms with Crippen LogP contribution in [0.1, 0.15) is 47.7 Å². The predicted octanol–water partition coefficient (Wildman–Crippen LogP) is 2.47. The number of halogens is 1. The molecule has 0 fully saturated rings. The Balaban J connectivity index is 2.65. The zero-order chi connectivity index (χ0) is 15.7. The van der Waals surface area contributed by atoms with Crippen molar-refractivity contribution in [3.05, 3.63) is 15.9 Å². The molecular weight excluding hydrogens is 340 g/mol. The Morgan fingerprint density at radius 1 is 1.43 bits per heavy atom. The highest BCUT2D eigenvalue weighted by Gasteiger charge is 2.38. The molecule has 1 aliphatic rings. The van der Waals surface area contributed by atoms with Crippen molar-refractivity contribution in [2.75, 3.05) is 26.8 Å². The lowest BCUT2D eigenvalue weighted by Gasteiger charge is -2.32. The molecule has 2 rings (SSSR count). The molecule has 0 aromatic carbocycles. The summed E-state index contributed by atoms with van der Waals surface area (Å²) in [5.41, 5.74) is 0.667. The number of hydrogen-bond acceptors (Lipinski definition) is 4. The lowest BCUT2D eigenvalue weighted by molar-refractivity contribution is 0.0521. The average molecular weight is 359 g/mol. The quantitative estimate of drug-likeness (QED) is 0.775. The number of nitrogens with zero attached hydrogens (tertiary/aromatic N) is 2. The molecule has 0 aliphatic carbocycles. The number of fused-ring (bicyclic) bond motifs is 1. The summed E-state index contributed by atoms with van der Waals surface area (Å²) < 4.78 is 12.7. The average Bonchev–Trinajstić information content (AvgIpc) is 2.76. The SMILES string of the molecule is CCOC(=O)c1c(OC)c2n(c1Br)C(C)CN(CC)C2=O. The van der Waals surface area contributed by atoms with Crippen LogP contribution in [0.25, 0.3) is 0 Å².